The number of hydrogen-bond acceptors (Lipinski definition) is 1. The van der Waals surface area contributed by atoms with Crippen LogP contribution in [-0.2, 0) is 4.79 Å². The number of hydrogen-bond donors (Lipinski definition) is 1. The smallest absolute Gasteiger partial charge is 0.223 e. The van der Waals surface area contributed by atoms with Crippen molar-refractivity contribution in [1.82, 2.24) is 0 Å². The molecular weight excluding hydrogens is 270 g/mol. The summed E-state index contributed by atoms with van der Waals surface area (Å²) in [4.78, 5) is 12.2. The molecule has 3 aliphatic carbocycles. The molecule has 3 saturated carbocycles. The number of rotatable bonds is 2. The molecule has 0 radical (unpaired) electrons. The summed E-state index contributed by atoms with van der Waals surface area (Å²) < 4.78 is 0. The molecule has 6 atom stereocenters. The van der Waals surface area contributed by atoms with E-state index in [9.17, 15) is 4.79 Å². The lowest BCUT2D eigenvalue weighted by atomic mass is 9.43. The second-order valence-corrected chi connectivity index (χ2v) is 9.45. The molecule has 126 valence electrons. The van der Waals surface area contributed by atoms with Crippen molar-refractivity contribution in [2.45, 2.75) is 79.1 Å². The first-order chi connectivity index (χ1) is 10.3. The van der Waals surface area contributed by atoms with E-state index in [1.165, 1.54) is 44.9 Å². The molecule has 1 amide bonds. The molecule has 3 fully saturated rings. The number of carbonyl (C=O) groups is 1. The molecule has 0 bridgehead atoms. The van der Waals surface area contributed by atoms with E-state index in [0.29, 0.717) is 11.3 Å². The Hall–Kier alpha value is -0.530. The first-order valence-corrected chi connectivity index (χ1v) is 9.59. The largest absolute Gasteiger partial charge is 0.369 e. The highest BCUT2D eigenvalue weighted by atomic mass is 16.1. The SMILES string of the molecule is CC(C)[C@H]1CC[C@H]2[C@H](CC[C@@H]3[C@]2(C)CCC[C@@]3(C)C(N)=O)C1. The van der Waals surface area contributed by atoms with Crippen molar-refractivity contribution in [3.05, 3.63) is 0 Å². The zero-order chi connectivity index (χ0) is 16.1. The number of fused-ring (bicyclic) bond motifs is 3. The van der Waals surface area contributed by atoms with Gasteiger partial charge in [-0.25, -0.2) is 0 Å². The third kappa shape index (κ3) is 2.32. The minimum atomic E-state index is -0.257. The lowest BCUT2D eigenvalue weighted by Crippen LogP contribution is -2.57. The average Bonchev–Trinajstić information content (AvgIpc) is 2.46. The Morgan fingerprint density at radius 2 is 1.82 bits per heavy atom. The molecule has 0 spiro atoms. The summed E-state index contributed by atoms with van der Waals surface area (Å²) >= 11 is 0. The molecule has 3 rings (SSSR count). The summed E-state index contributed by atoms with van der Waals surface area (Å²) in [6.45, 7) is 9.45. The van der Waals surface area contributed by atoms with Crippen LogP contribution in [0, 0.1) is 40.4 Å². The predicted octanol–water partition coefficient (Wildman–Crippen LogP) is 4.77. The molecule has 0 unspecified atom stereocenters. The maximum atomic E-state index is 12.2. The van der Waals surface area contributed by atoms with E-state index in [1.54, 1.807) is 0 Å². The third-order valence-electron chi connectivity index (χ3n) is 8.18. The molecule has 0 heterocycles. The Labute approximate surface area is 136 Å². The van der Waals surface area contributed by atoms with Gasteiger partial charge in [0, 0.05) is 5.41 Å². The summed E-state index contributed by atoms with van der Waals surface area (Å²) in [5.41, 5.74) is 5.96. The van der Waals surface area contributed by atoms with Gasteiger partial charge in [0.1, 0.15) is 0 Å². The van der Waals surface area contributed by atoms with Gasteiger partial charge < -0.3 is 5.73 Å². The van der Waals surface area contributed by atoms with Gasteiger partial charge in [-0.3, -0.25) is 4.79 Å². The van der Waals surface area contributed by atoms with Gasteiger partial charge in [0.25, 0.3) is 0 Å². The summed E-state index contributed by atoms with van der Waals surface area (Å²) in [5, 5.41) is 0. The van der Waals surface area contributed by atoms with Gasteiger partial charge in [-0.05, 0) is 80.0 Å². The van der Waals surface area contributed by atoms with Gasteiger partial charge in [-0.1, -0.05) is 34.1 Å². The fourth-order valence-corrected chi connectivity index (χ4v) is 6.77. The average molecular weight is 306 g/mol. The molecule has 0 aromatic heterocycles. The van der Waals surface area contributed by atoms with E-state index < -0.39 is 0 Å². The van der Waals surface area contributed by atoms with Crippen LogP contribution in [0.1, 0.15) is 79.1 Å². The zero-order valence-corrected chi connectivity index (χ0v) is 15.0. The molecule has 0 aliphatic heterocycles. The predicted molar refractivity (Wildman–Crippen MR) is 91.1 cm³/mol. The Bertz CT molecular complexity index is 445. The lowest BCUT2D eigenvalue weighted by Gasteiger charge is -2.61. The van der Waals surface area contributed by atoms with Crippen molar-refractivity contribution >= 4 is 5.91 Å². The zero-order valence-electron chi connectivity index (χ0n) is 15.0. The molecule has 2 N–H and O–H groups in total. The van der Waals surface area contributed by atoms with Crippen LogP contribution in [0.3, 0.4) is 0 Å². The van der Waals surface area contributed by atoms with Gasteiger partial charge in [0.15, 0.2) is 0 Å². The first kappa shape index (κ1) is 16.3. The van der Waals surface area contributed by atoms with Crippen molar-refractivity contribution in [2.24, 2.45) is 46.2 Å². The maximum absolute atomic E-state index is 12.2. The topological polar surface area (TPSA) is 43.1 Å². The molecule has 0 aromatic carbocycles. The van der Waals surface area contributed by atoms with Gasteiger partial charge >= 0.3 is 0 Å². The fraction of sp³-hybridized carbons (Fsp3) is 0.950. The van der Waals surface area contributed by atoms with Gasteiger partial charge in [-0.15, -0.1) is 0 Å². The highest BCUT2D eigenvalue weighted by Gasteiger charge is 2.58. The van der Waals surface area contributed by atoms with E-state index in [1.807, 2.05) is 0 Å². The van der Waals surface area contributed by atoms with Crippen molar-refractivity contribution in [2.75, 3.05) is 0 Å². The van der Waals surface area contributed by atoms with Gasteiger partial charge in [0.05, 0.1) is 0 Å². The minimum absolute atomic E-state index is 0.0438. The van der Waals surface area contributed by atoms with Crippen LogP contribution in [0.4, 0.5) is 0 Å². The van der Waals surface area contributed by atoms with Crippen molar-refractivity contribution in [3.8, 4) is 0 Å². The van der Waals surface area contributed by atoms with E-state index in [4.69, 9.17) is 5.73 Å². The Kier molecular flexibility index (Phi) is 4.10. The monoisotopic (exact) mass is 305 g/mol. The normalized spacial score (nSPS) is 48.6. The van der Waals surface area contributed by atoms with Gasteiger partial charge in [-0.2, -0.15) is 0 Å². The Morgan fingerprint density at radius 1 is 1.09 bits per heavy atom. The Morgan fingerprint density at radius 3 is 2.45 bits per heavy atom. The van der Waals surface area contributed by atoms with Crippen LogP contribution in [0.25, 0.3) is 0 Å². The second-order valence-electron chi connectivity index (χ2n) is 9.45. The quantitative estimate of drug-likeness (QED) is 0.785. The number of amides is 1. The number of nitrogens with two attached hydrogens (primary N) is 1. The highest BCUT2D eigenvalue weighted by molar-refractivity contribution is 5.81. The van der Waals surface area contributed by atoms with E-state index in [-0.39, 0.29) is 11.3 Å². The van der Waals surface area contributed by atoms with Crippen molar-refractivity contribution in [3.63, 3.8) is 0 Å². The molecule has 22 heavy (non-hydrogen) atoms. The molecular formula is C20H35NO. The number of carbonyl (C=O) groups excluding carboxylic acids is 1. The van der Waals surface area contributed by atoms with E-state index >= 15 is 0 Å². The molecule has 2 nitrogen and oxygen atoms in total. The third-order valence-corrected chi connectivity index (χ3v) is 8.18. The highest BCUT2D eigenvalue weighted by Crippen LogP contribution is 2.64. The summed E-state index contributed by atoms with van der Waals surface area (Å²) in [6, 6.07) is 0. The fourth-order valence-electron chi connectivity index (χ4n) is 6.77. The van der Waals surface area contributed by atoms with E-state index in [2.05, 4.69) is 27.7 Å². The van der Waals surface area contributed by atoms with E-state index in [0.717, 1.165) is 30.1 Å². The Balaban J connectivity index is 1.86. The first-order valence-electron chi connectivity index (χ1n) is 9.59. The molecule has 3 aliphatic rings. The minimum Gasteiger partial charge on any atom is -0.369 e. The standard InChI is InChI=1S/C20H35NO/c1-13(2)14-6-8-16-15(12-14)7-9-17-19(16,3)10-5-11-20(17,4)18(21)22/h13-17H,5-12H2,1-4H3,(H2,21,22)/t14-,15+,16-,17+,19+,20+/m0/s1. The molecule has 0 aromatic rings. The van der Waals surface area contributed by atoms with Crippen LogP contribution < -0.4 is 5.73 Å². The molecule has 2 heteroatoms. The van der Waals surface area contributed by atoms with Crippen LogP contribution in [0.2, 0.25) is 0 Å². The summed E-state index contributed by atoms with van der Waals surface area (Å²) in [5.74, 6) is 3.96. The van der Waals surface area contributed by atoms with Crippen molar-refractivity contribution in [1.29, 1.82) is 0 Å². The van der Waals surface area contributed by atoms with Crippen LogP contribution >= 0.6 is 0 Å². The van der Waals surface area contributed by atoms with Crippen LogP contribution in [0.5, 0.6) is 0 Å². The van der Waals surface area contributed by atoms with Gasteiger partial charge in [0.2, 0.25) is 5.91 Å². The lowest BCUT2D eigenvalue weighted by molar-refractivity contribution is -0.154. The van der Waals surface area contributed by atoms with Crippen molar-refractivity contribution < 1.29 is 4.79 Å². The summed E-state index contributed by atoms with van der Waals surface area (Å²) in [7, 11) is 0. The number of primary amides is 1. The molecule has 0 saturated heterocycles. The van der Waals surface area contributed by atoms with Crippen LogP contribution in [0.15, 0.2) is 0 Å². The summed E-state index contributed by atoms with van der Waals surface area (Å²) in [6.07, 6.45) is 10.3. The second kappa shape index (κ2) is 5.53. The maximum Gasteiger partial charge on any atom is 0.223 e. The van der Waals surface area contributed by atoms with Crippen LogP contribution in [-0.4, -0.2) is 5.91 Å².